The van der Waals surface area contributed by atoms with Crippen LogP contribution in [0.25, 0.3) is 17.0 Å². The van der Waals surface area contributed by atoms with Crippen LogP contribution in [0.2, 0.25) is 0 Å². The summed E-state index contributed by atoms with van der Waals surface area (Å²) in [7, 11) is 0. The Bertz CT molecular complexity index is 929. The number of nitrogens with zero attached hydrogens (tertiary/aromatic N) is 4. The second-order valence-electron chi connectivity index (χ2n) is 4.91. The number of fused-ring (bicyclic) bond motifs is 1. The van der Waals surface area contributed by atoms with Gasteiger partial charge in [0, 0.05) is 22.4 Å². The van der Waals surface area contributed by atoms with Gasteiger partial charge in [0.2, 0.25) is 0 Å². The summed E-state index contributed by atoms with van der Waals surface area (Å²) in [6.07, 6.45) is 0.968. The highest BCUT2D eigenvalue weighted by Gasteiger charge is 2.10. The van der Waals surface area contributed by atoms with Gasteiger partial charge in [0.15, 0.2) is 11.5 Å². The molecule has 0 spiro atoms. The number of hydrogen-bond acceptors (Lipinski definition) is 6. The summed E-state index contributed by atoms with van der Waals surface area (Å²) in [6.45, 7) is 0.835. The van der Waals surface area contributed by atoms with Crippen molar-refractivity contribution in [3.8, 4) is 11.4 Å². The molecule has 0 atom stereocenters. The van der Waals surface area contributed by atoms with Gasteiger partial charge in [-0.1, -0.05) is 0 Å². The maximum Gasteiger partial charge on any atom is 0.186 e. The maximum atomic E-state index is 4.61. The lowest BCUT2D eigenvalue weighted by Gasteiger charge is -2.05. The standard InChI is InChI=1S/C15H12BrN5S2/c16-12-2-1-11(23-12)5-7-17-13-3-4-14-18-19-15(21(14)20-13)10-6-8-22-9-10/h1-4,6,8-9H,5,7H2,(H,17,20). The molecule has 0 saturated carbocycles. The second-order valence-corrected chi connectivity index (χ2v) is 8.23. The van der Waals surface area contributed by atoms with Crippen LogP contribution < -0.4 is 5.32 Å². The van der Waals surface area contributed by atoms with Gasteiger partial charge in [-0.25, -0.2) is 0 Å². The van der Waals surface area contributed by atoms with Gasteiger partial charge in [-0.05, 0) is 58.1 Å². The van der Waals surface area contributed by atoms with E-state index < -0.39 is 0 Å². The van der Waals surface area contributed by atoms with E-state index in [9.17, 15) is 0 Å². The summed E-state index contributed by atoms with van der Waals surface area (Å²) in [6, 6.07) is 10.1. The lowest BCUT2D eigenvalue weighted by atomic mass is 10.3. The van der Waals surface area contributed by atoms with Crippen LogP contribution in [-0.2, 0) is 6.42 Å². The highest BCUT2D eigenvalue weighted by Crippen LogP contribution is 2.23. The van der Waals surface area contributed by atoms with E-state index in [1.165, 1.54) is 4.88 Å². The van der Waals surface area contributed by atoms with Crippen LogP contribution in [0.1, 0.15) is 4.88 Å². The Morgan fingerprint density at radius 3 is 2.87 bits per heavy atom. The molecule has 0 radical (unpaired) electrons. The molecule has 0 aromatic carbocycles. The summed E-state index contributed by atoms with van der Waals surface area (Å²) >= 11 is 6.88. The molecule has 0 amide bonds. The lowest BCUT2D eigenvalue weighted by Crippen LogP contribution is -2.07. The van der Waals surface area contributed by atoms with Crippen LogP contribution in [0.3, 0.4) is 0 Å². The number of rotatable bonds is 5. The molecule has 0 aliphatic heterocycles. The van der Waals surface area contributed by atoms with Gasteiger partial charge in [-0.3, -0.25) is 0 Å². The van der Waals surface area contributed by atoms with Crippen molar-refractivity contribution in [2.75, 3.05) is 11.9 Å². The summed E-state index contributed by atoms with van der Waals surface area (Å²) in [5.74, 6) is 1.59. The number of anilines is 1. The van der Waals surface area contributed by atoms with Crippen LogP contribution in [0, 0.1) is 0 Å². The van der Waals surface area contributed by atoms with Crippen molar-refractivity contribution in [3.63, 3.8) is 0 Å². The molecular weight excluding hydrogens is 394 g/mol. The Kier molecular flexibility index (Phi) is 4.11. The van der Waals surface area contributed by atoms with Crippen LogP contribution >= 0.6 is 38.6 Å². The van der Waals surface area contributed by atoms with Gasteiger partial charge in [0.25, 0.3) is 0 Å². The predicted octanol–water partition coefficient (Wildman–Crippen LogP) is 4.33. The van der Waals surface area contributed by atoms with E-state index in [1.807, 2.05) is 29.0 Å². The van der Waals surface area contributed by atoms with E-state index in [-0.39, 0.29) is 0 Å². The highest BCUT2D eigenvalue weighted by atomic mass is 79.9. The molecule has 0 bridgehead atoms. The van der Waals surface area contributed by atoms with Crippen LogP contribution in [-0.4, -0.2) is 26.4 Å². The Labute approximate surface area is 149 Å². The fraction of sp³-hybridized carbons (Fsp3) is 0.133. The number of aromatic nitrogens is 4. The fourth-order valence-electron chi connectivity index (χ4n) is 2.25. The average Bonchev–Trinajstić information content (AvgIpc) is 3.27. The zero-order valence-electron chi connectivity index (χ0n) is 11.9. The topological polar surface area (TPSA) is 55.1 Å². The molecule has 4 aromatic heterocycles. The number of thiophene rings is 2. The van der Waals surface area contributed by atoms with Gasteiger partial charge in [0.1, 0.15) is 5.82 Å². The summed E-state index contributed by atoms with van der Waals surface area (Å²) in [5, 5.41) is 20.4. The summed E-state index contributed by atoms with van der Waals surface area (Å²) in [4.78, 5) is 1.34. The monoisotopic (exact) mass is 405 g/mol. The van der Waals surface area contributed by atoms with Crippen molar-refractivity contribution in [3.05, 3.63) is 49.8 Å². The third kappa shape index (κ3) is 3.15. The molecular formula is C15H12BrN5S2. The molecule has 23 heavy (non-hydrogen) atoms. The molecule has 116 valence electrons. The van der Waals surface area contributed by atoms with E-state index in [0.717, 1.165) is 39.6 Å². The van der Waals surface area contributed by atoms with E-state index in [0.29, 0.717) is 0 Å². The molecule has 4 heterocycles. The van der Waals surface area contributed by atoms with Crippen molar-refractivity contribution in [2.24, 2.45) is 0 Å². The minimum atomic E-state index is 0.749. The second kappa shape index (κ2) is 6.38. The quantitative estimate of drug-likeness (QED) is 0.536. The minimum absolute atomic E-state index is 0.749. The number of nitrogens with one attached hydrogen (secondary N) is 1. The first-order valence-corrected chi connectivity index (χ1v) is 9.58. The first-order chi connectivity index (χ1) is 11.3. The highest BCUT2D eigenvalue weighted by molar-refractivity contribution is 9.11. The molecule has 0 unspecified atom stereocenters. The van der Waals surface area contributed by atoms with Gasteiger partial charge in [0.05, 0.1) is 3.79 Å². The number of halogens is 1. The van der Waals surface area contributed by atoms with Crippen molar-refractivity contribution < 1.29 is 0 Å². The minimum Gasteiger partial charge on any atom is -0.368 e. The zero-order valence-corrected chi connectivity index (χ0v) is 15.2. The van der Waals surface area contributed by atoms with Crippen LogP contribution in [0.5, 0.6) is 0 Å². The summed E-state index contributed by atoms with van der Waals surface area (Å²) in [5.41, 5.74) is 1.79. The first kappa shape index (κ1) is 14.8. The van der Waals surface area contributed by atoms with Crippen molar-refractivity contribution in [2.45, 2.75) is 6.42 Å². The zero-order chi connectivity index (χ0) is 15.6. The first-order valence-electron chi connectivity index (χ1n) is 7.03. The summed E-state index contributed by atoms with van der Waals surface area (Å²) < 4.78 is 2.95. The van der Waals surface area contributed by atoms with E-state index in [4.69, 9.17) is 0 Å². The molecule has 5 nitrogen and oxygen atoms in total. The van der Waals surface area contributed by atoms with Gasteiger partial charge < -0.3 is 5.32 Å². The number of hydrogen-bond donors (Lipinski definition) is 1. The van der Waals surface area contributed by atoms with Crippen LogP contribution in [0.15, 0.2) is 44.9 Å². The molecule has 0 fully saturated rings. The molecule has 0 aliphatic rings. The smallest absolute Gasteiger partial charge is 0.186 e. The normalized spacial score (nSPS) is 11.2. The van der Waals surface area contributed by atoms with E-state index in [2.05, 4.69) is 48.7 Å². The lowest BCUT2D eigenvalue weighted by molar-refractivity contribution is 0.919. The Hall–Kier alpha value is -1.77. The van der Waals surface area contributed by atoms with E-state index in [1.54, 1.807) is 27.2 Å². The maximum absolute atomic E-state index is 4.61. The fourth-order valence-corrected chi connectivity index (χ4v) is 4.37. The molecule has 8 heteroatoms. The molecule has 0 saturated heterocycles. The van der Waals surface area contributed by atoms with Crippen molar-refractivity contribution in [1.29, 1.82) is 0 Å². The SMILES string of the molecule is Brc1ccc(CCNc2ccc3nnc(-c4ccsc4)n3n2)s1. The third-order valence-electron chi connectivity index (χ3n) is 3.35. The molecule has 1 N–H and O–H groups in total. The molecule has 4 aromatic rings. The van der Waals surface area contributed by atoms with Gasteiger partial charge >= 0.3 is 0 Å². The Morgan fingerprint density at radius 1 is 1.13 bits per heavy atom. The largest absolute Gasteiger partial charge is 0.368 e. The Balaban J connectivity index is 1.53. The average molecular weight is 406 g/mol. The van der Waals surface area contributed by atoms with Gasteiger partial charge in [-0.15, -0.1) is 26.6 Å². The molecule has 4 rings (SSSR count). The van der Waals surface area contributed by atoms with Crippen LogP contribution in [0.4, 0.5) is 5.82 Å². The van der Waals surface area contributed by atoms with Crippen molar-refractivity contribution in [1.82, 2.24) is 19.8 Å². The van der Waals surface area contributed by atoms with Crippen molar-refractivity contribution >= 4 is 50.1 Å². The predicted molar refractivity (Wildman–Crippen MR) is 98.3 cm³/mol. The van der Waals surface area contributed by atoms with E-state index >= 15 is 0 Å². The van der Waals surface area contributed by atoms with Gasteiger partial charge in [-0.2, -0.15) is 15.9 Å². The third-order valence-corrected chi connectivity index (χ3v) is 5.72. The molecule has 0 aliphatic carbocycles. The Morgan fingerprint density at radius 2 is 2.09 bits per heavy atom.